The van der Waals surface area contributed by atoms with Crippen molar-refractivity contribution in [3.05, 3.63) is 22.5 Å². The highest BCUT2D eigenvalue weighted by molar-refractivity contribution is 6.03. The van der Waals surface area contributed by atoms with Gasteiger partial charge in [-0.15, -0.1) is 0 Å². The SMILES string of the molecule is CCOC(=O)c1[nH]c(C)c(C(=O)COC(=O)C23CC4CC(CC(NC(C)=O)(C4)C2)C3)c1C. The summed E-state index contributed by atoms with van der Waals surface area (Å²) >= 11 is 0. The van der Waals surface area contributed by atoms with Crippen molar-refractivity contribution >= 4 is 23.6 Å². The third-order valence-electron chi connectivity index (χ3n) is 7.47. The average molecular weight is 445 g/mol. The Labute approximate surface area is 187 Å². The summed E-state index contributed by atoms with van der Waals surface area (Å²) in [7, 11) is 0. The van der Waals surface area contributed by atoms with Crippen LogP contribution in [0.3, 0.4) is 0 Å². The van der Waals surface area contributed by atoms with Gasteiger partial charge in [-0.05, 0) is 76.7 Å². The molecule has 0 aliphatic heterocycles. The fraction of sp³-hybridized carbons (Fsp3) is 0.667. The van der Waals surface area contributed by atoms with Gasteiger partial charge in [0.25, 0.3) is 0 Å². The van der Waals surface area contributed by atoms with Gasteiger partial charge in [0.1, 0.15) is 5.69 Å². The van der Waals surface area contributed by atoms with Gasteiger partial charge in [-0.25, -0.2) is 4.79 Å². The first kappa shape index (κ1) is 22.6. The number of ketones is 1. The Kier molecular flexibility index (Phi) is 5.67. The van der Waals surface area contributed by atoms with E-state index in [-0.39, 0.29) is 42.1 Å². The lowest BCUT2D eigenvalue weighted by Crippen LogP contribution is -2.64. The monoisotopic (exact) mass is 444 g/mol. The molecule has 0 radical (unpaired) electrons. The molecule has 8 heteroatoms. The maximum atomic E-state index is 13.3. The fourth-order valence-electron chi connectivity index (χ4n) is 6.95. The standard InChI is InChI=1S/C24H32N2O6/c1-5-31-21(29)20-13(2)19(14(3)25-20)18(28)11-32-22(30)23-7-16-6-17(8-23)10-24(9-16,12-23)26-15(4)27/h16-17,25H,5-12H2,1-4H3,(H,26,27). The van der Waals surface area contributed by atoms with E-state index in [2.05, 4.69) is 10.3 Å². The predicted octanol–water partition coefficient (Wildman–Crippen LogP) is 3.01. The van der Waals surface area contributed by atoms with E-state index in [1.807, 2.05) is 0 Å². The maximum absolute atomic E-state index is 13.3. The Morgan fingerprint density at radius 2 is 1.72 bits per heavy atom. The first-order valence-electron chi connectivity index (χ1n) is 11.4. The Morgan fingerprint density at radius 3 is 2.31 bits per heavy atom. The summed E-state index contributed by atoms with van der Waals surface area (Å²) < 4.78 is 10.6. The Balaban J connectivity index is 1.47. The van der Waals surface area contributed by atoms with Crippen LogP contribution in [0.2, 0.25) is 0 Å². The van der Waals surface area contributed by atoms with Crippen LogP contribution in [-0.4, -0.2) is 47.4 Å². The van der Waals surface area contributed by atoms with E-state index in [1.165, 1.54) is 6.92 Å². The van der Waals surface area contributed by atoms with E-state index in [9.17, 15) is 19.2 Å². The van der Waals surface area contributed by atoms with Crippen molar-refractivity contribution in [2.75, 3.05) is 13.2 Å². The molecule has 4 saturated carbocycles. The van der Waals surface area contributed by atoms with E-state index < -0.39 is 11.4 Å². The van der Waals surface area contributed by atoms with Gasteiger partial charge in [0, 0.05) is 23.7 Å². The third-order valence-corrected chi connectivity index (χ3v) is 7.47. The van der Waals surface area contributed by atoms with Gasteiger partial charge in [0.2, 0.25) is 11.7 Å². The van der Waals surface area contributed by atoms with E-state index in [4.69, 9.17) is 9.47 Å². The average Bonchev–Trinajstić information content (AvgIpc) is 2.98. The van der Waals surface area contributed by atoms with Crippen LogP contribution in [-0.2, 0) is 19.1 Å². The van der Waals surface area contributed by atoms with Crippen LogP contribution in [0.5, 0.6) is 0 Å². The van der Waals surface area contributed by atoms with E-state index in [0.717, 1.165) is 32.1 Å². The summed E-state index contributed by atoms with van der Waals surface area (Å²) in [6, 6.07) is 0. The Hall–Kier alpha value is -2.64. The quantitative estimate of drug-likeness (QED) is 0.494. The number of carbonyl (C=O) groups excluding carboxylic acids is 4. The minimum absolute atomic E-state index is 0.0681. The number of ether oxygens (including phenoxy) is 2. The number of rotatable bonds is 7. The highest BCUT2D eigenvalue weighted by Crippen LogP contribution is 2.62. The first-order valence-corrected chi connectivity index (χ1v) is 11.4. The zero-order valence-electron chi connectivity index (χ0n) is 19.3. The Morgan fingerprint density at radius 1 is 1.06 bits per heavy atom. The molecule has 2 unspecified atom stereocenters. The molecule has 4 aliphatic carbocycles. The molecular formula is C24H32N2O6. The summed E-state index contributed by atoms with van der Waals surface area (Å²) in [5.74, 6) is -0.477. The largest absolute Gasteiger partial charge is 0.461 e. The van der Waals surface area contributed by atoms with Gasteiger partial charge in [0.05, 0.1) is 12.0 Å². The molecule has 1 amide bonds. The maximum Gasteiger partial charge on any atom is 0.355 e. The van der Waals surface area contributed by atoms with Crippen molar-refractivity contribution in [3.63, 3.8) is 0 Å². The summed E-state index contributed by atoms with van der Waals surface area (Å²) in [6.07, 6.45) is 5.01. The van der Waals surface area contributed by atoms with Crippen LogP contribution in [0.4, 0.5) is 0 Å². The highest BCUT2D eigenvalue weighted by Gasteiger charge is 2.61. The van der Waals surface area contributed by atoms with Gasteiger partial charge in [0.15, 0.2) is 6.61 Å². The number of aromatic amines is 1. The smallest absolute Gasteiger partial charge is 0.355 e. The van der Waals surface area contributed by atoms with Crippen LogP contribution in [0.1, 0.15) is 84.5 Å². The van der Waals surface area contributed by atoms with Crippen molar-refractivity contribution < 1.29 is 28.7 Å². The predicted molar refractivity (Wildman–Crippen MR) is 115 cm³/mol. The Bertz CT molecular complexity index is 963. The lowest BCUT2D eigenvalue weighted by molar-refractivity contribution is -0.174. The van der Waals surface area contributed by atoms with Gasteiger partial charge in [-0.2, -0.15) is 0 Å². The molecule has 0 spiro atoms. The third kappa shape index (κ3) is 3.84. The van der Waals surface area contributed by atoms with Crippen LogP contribution in [0, 0.1) is 31.1 Å². The molecular weight excluding hydrogens is 412 g/mol. The van der Waals surface area contributed by atoms with Crippen molar-refractivity contribution in [2.45, 2.75) is 71.8 Å². The molecule has 4 aliphatic rings. The fourth-order valence-corrected chi connectivity index (χ4v) is 6.95. The molecule has 2 atom stereocenters. The molecule has 1 heterocycles. The number of aromatic nitrogens is 1. The van der Waals surface area contributed by atoms with Crippen molar-refractivity contribution in [1.29, 1.82) is 0 Å². The van der Waals surface area contributed by atoms with E-state index in [1.54, 1.807) is 20.8 Å². The minimum Gasteiger partial charge on any atom is -0.461 e. The van der Waals surface area contributed by atoms with Crippen LogP contribution in [0.25, 0.3) is 0 Å². The van der Waals surface area contributed by atoms with Gasteiger partial charge in [-0.3, -0.25) is 14.4 Å². The summed E-state index contributed by atoms with van der Waals surface area (Å²) in [5.41, 5.74) is 0.692. The second-order valence-electron chi connectivity index (χ2n) is 10.0. The molecule has 4 fully saturated rings. The lowest BCUT2D eigenvalue weighted by Gasteiger charge is -2.60. The molecule has 32 heavy (non-hydrogen) atoms. The molecule has 5 rings (SSSR count). The molecule has 1 aromatic heterocycles. The van der Waals surface area contributed by atoms with Crippen molar-refractivity contribution in [1.82, 2.24) is 10.3 Å². The number of hydrogen-bond donors (Lipinski definition) is 2. The zero-order chi connectivity index (χ0) is 23.3. The van der Waals surface area contributed by atoms with Gasteiger partial charge < -0.3 is 19.8 Å². The lowest BCUT2D eigenvalue weighted by atomic mass is 9.47. The molecule has 174 valence electrons. The topological polar surface area (TPSA) is 115 Å². The molecule has 1 aromatic rings. The highest BCUT2D eigenvalue weighted by atomic mass is 16.5. The zero-order valence-corrected chi connectivity index (χ0v) is 19.3. The number of carbonyl (C=O) groups is 4. The molecule has 4 bridgehead atoms. The minimum atomic E-state index is -0.634. The number of hydrogen-bond acceptors (Lipinski definition) is 6. The number of Topliss-reactive ketones (excluding diaryl/α,β-unsaturated/α-hetero) is 1. The second-order valence-corrected chi connectivity index (χ2v) is 10.0. The molecule has 2 N–H and O–H groups in total. The number of aryl methyl sites for hydroxylation is 1. The number of amides is 1. The van der Waals surface area contributed by atoms with Gasteiger partial charge >= 0.3 is 11.9 Å². The summed E-state index contributed by atoms with van der Waals surface area (Å²) in [6.45, 7) is 6.50. The van der Waals surface area contributed by atoms with E-state index in [0.29, 0.717) is 35.1 Å². The van der Waals surface area contributed by atoms with Crippen LogP contribution in [0.15, 0.2) is 0 Å². The molecule has 8 nitrogen and oxygen atoms in total. The summed E-state index contributed by atoms with van der Waals surface area (Å²) in [5, 5.41) is 3.13. The van der Waals surface area contributed by atoms with Crippen LogP contribution < -0.4 is 5.32 Å². The number of esters is 2. The molecule has 0 aromatic carbocycles. The molecule has 0 saturated heterocycles. The van der Waals surface area contributed by atoms with Crippen LogP contribution >= 0.6 is 0 Å². The number of H-pyrrole nitrogens is 1. The van der Waals surface area contributed by atoms with Crippen molar-refractivity contribution in [3.8, 4) is 0 Å². The van der Waals surface area contributed by atoms with E-state index >= 15 is 0 Å². The second kappa shape index (κ2) is 8.05. The summed E-state index contributed by atoms with van der Waals surface area (Å²) in [4.78, 5) is 53.0. The number of nitrogens with one attached hydrogen (secondary N) is 2. The first-order chi connectivity index (χ1) is 15.1. The van der Waals surface area contributed by atoms with Crippen molar-refractivity contribution in [2.24, 2.45) is 17.3 Å². The normalized spacial score (nSPS) is 30.1. The van der Waals surface area contributed by atoms with Gasteiger partial charge in [-0.1, -0.05) is 0 Å².